The average Bonchev–Trinajstić information content (AvgIpc) is 3.20. The fourth-order valence-electron chi connectivity index (χ4n) is 3.91. The number of hydrogen-bond donors (Lipinski definition) is 0. The summed E-state index contributed by atoms with van der Waals surface area (Å²) in [5.74, 6) is 0.798. The summed E-state index contributed by atoms with van der Waals surface area (Å²) in [4.78, 5) is 15.0. The number of hydrogen-bond acceptors (Lipinski definition) is 6. The van der Waals surface area contributed by atoms with Crippen LogP contribution in [0.4, 0.5) is 0 Å². The normalized spacial score (nSPS) is 11.5. The molecule has 0 saturated heterocycles. The number of benzene rings is 2. The first-order chi connectivity index (χ1) is 15.3. The Balaban J connectivity index is 1.76. The van der Waals surface area contributed by atoms with Gasteiger partial charge < -0.3 is 0 Å². The number of rotatable bonds is 3. The van der Waals surface area contributed by atoms with Crippen LogP contribution in [0.3, 0.4) is 0 Å². The number of pyridine rings is 1. The Labute approximate surface area is 182 Å². The molecule has 0 aliphatic carbocycles. The van der Waals surface area contributed by atoms with E-state index >= 15 is 0 Å². The summed E-state index contributed by atoms with van der Waals surface area (Å²) >= 11 is 1.61. The van der Waals surface area contributed by atoms with Gasteiger partial charge in [0.2, 0.25) is 0 Å². The zero-order valence-electron chi connectivity index (χ0n) is 16.8. The lowest BCUT2D eigenvalue weighted by atomic mass is 9.97. The number of thiophene rings is 1. The van der Waals surface area contributed by atoms with E-state index in [1.807, 2.05) is 30.5 Å². The highest BCUT2D eigenvalue weighted by atomic mass is 32.1. The van der Waals surface area contributed by atoms with Crippen LogP contribution in [0.15, 0.2) is 72.9 Å². The van der Waals surface area contributed by atoms with Crippen LogP contribution in [0.25, 0.3) is 53.9 Å². The van der Waals surface area contributed by atoms with Crippen molar-refractivity contribution in [1.82, 2.24) is 25.1 Å². The Morgan fingerprint density at radius 2 is 1.58 bits per heavy atom. The molecular weight excluding hydrogens is 402 g/mol. The zero-order chi connectivity index (χ0) is 20.8. The van der Waals surface area contributed by atoms with Gasteiger partial charge >= 0.3 is 0 Å². The summed E-state index contributed by atoms with van der Waals surface area (Å²) in [5, 5.41) is 11.2. The molecule has 0 atom stereocenters. The minimum Gasteiger partial charge on any atom is -0.241 e. The predicted octanol–water partition coefficient (Wildman–Crippen LogP) is 6.08. The van der Waals surface area contributed by atoms with Crippen molar-refractivity contribution < 1.29 is 0 Å². The first-order valence-electron chi connectivity index (χ1n) is 10.2. The lowest BCUT2D eigenvalue weighted by Gasteiger charge is -2.10. The maximum Gasteiger partial charge on any atom is 0.163 e. The molecule has 0 aliphatic rings. The van der Waals surface area contributed by atoms with Gasteiger partial charge in [-0.3, -0.25) is 0 Å². The maximum absolute atomic E-state index is 4.99. The van der Waals surface area contributed by atoms with Gasteiger partial charge in [-0.25, -0.2) is 15.0 Å². The highest BCUT2D eigenvalue weighted by Gasteiger charge is 2.20. The molecule has 0 fully saturated rings. The minimum absolute atomic E-state index is 0.719. The van der Waals surface area contributed by atoms with Gasteiger partial charge in [0.1, 0.15) is 16.3 Å². The first kappa shape index (κ1) is 18.0. The number of fused-ring (bicyclic) bond motifs is 4. The molecule has 0 saturated carbocycles. The average molecular weight is 420 g/mol. The highest BCUT2D eigenvalue weighted by Crippen LogP contribution is 2.42. The molecule has 0 unspecified atom stereocenters. The standard InChI is InChI=1S/C25H17N5S/c1-2-19-26-14-17-13-18-23(28-24(17)27-19)21-20(15-9-5-3-6-10-15)22(29-30-25(21)31-18)16-11-7-4-8-12-16/h3-14H,2H2,1H3. The fourth-order valence-corrected chi connectivity index (χ4v) is 4.93. The second kappa shape index (κ2) is 7.18. The molecule has 4 heterocycles. The summed E-state index contributed by atoms with van der Waals surface area (Å²) in [7, 11) is 0. The first-order valence-corrected chi connectivity index (χ1v) is 11.0. The summed E-state index contributed by atoms with van der Waals surface area (Å²) in [6.07, 6.45) is 2.64. The van der Waals surface area contributed by atoms with Crippen LogP contribution in [-0.4, -0.2) is 25.1 Å². The van der Waals surface area contributed by atoms with Crippen LogP contribution in [-0.2, 0) is 6.42 Å². The van der Waals surface area contributed by atoms with Gasteiger partial charge in [0.15, 0.2) is 5.65 Å². The van der Waals surface area contributed by atoms with Gasteiger partial charge in [-0.05, 0) is 11.6 Å². The molecule has 0 N–H and O–H groups in total. The molecule has 6 heteroatoms. The van der Waals surface area contributed by atoms with Crippen molar-refractivity contribution in [1.29, 1.82) is 0 Å². The van der Waals surface area contributed by atoms with Crippen molar-refractivity contribution in [2.45, 2.75) is 13.3 Å². The van der Waals surface area contributed by atoms with E-state index in [2.05, 4.69) is 69.6 Å². The largest absolute Gasteiger partial charge is 0.241 e. The Bertz CT molecular complexity index is 1560. The third-order valence-electron chi connectivity index (χ3n) is 5.39. The van der Waals surface area contributed by atoms with Crippen LogP contribution >= 0.6 is 11.3 Å². The van der Waals surface area contributed by atoms with E-state index in [0.29, 0.717) is 0 Å². The molecule has 0 amide bonds. The molecule has 5 nitrogen and oxygen atoms in total. The molecule has 6 aromatic rings. The van der Waals surface area contributed by atoms with Crippen molar-refractivity contribution in [2.24, 2.45) is 0 Å². The maximum atomic E-state index is 4.99. The van der Waals surface area contributed by atoms with Crippen molar-refractivity contribution in [3.8, 4) is 22.4 Å². The van der Waals surface area contributed by atoms with E-state index in [9.17, 15) is 0 Å². The van der Waals surface area contributed by atoms with Crippen LogP contribution in [0.1, 0.15) is 12.7 Å². The molecular formula is C25H17N5S. The van der Waals surface area contributed by atoms with Crippen molar-refractivity contribution in [3.63, 3.8) is 0 Å². The van der Waals surface area contributed by atoms with E-state index in [-0.39, 0.29) is 0 Å². The number of aryl methyl sites for hydroxylation is 1. The van der Waals surface area contributed by atoms with Crippen molar-refractivity contribution >= 4 is 42.8 Å². The fraction of sp³-hybridized carbons (Fsp3) is 0.0800. The van der Waals surface area contributed by atoms with E-state index in [4.69, 9.17) is 4.98 Å². The third kappa shape index (κ3) is 2.95. The molecule has 148 valence electrons. The summed E-state index contributed by atoms with van der Waals surface area (Å²) in [6, 6.07) is 22.7. The summed E-state index contributed by atoms with van der Waals surface area (Å²) in [5.41, 5.74) is 5.68. The SMILES string of the molecule is CCc1ncc2cc3sc4nnc(-c5ccccc5)c(-c5ccccc5)c4c3nc2n1. The van der Waals surface area contributed by atoms with E-state index < -0.39 is 0 Å². The van der Waals surface area contributed by atoms with Crippen LogP contribution in [0.5, 0.6) is 0 Å². The lowest BCUT2D eigenvalue weighted by Crippen LogP contribution is -1.95. The molecule has 6 rings (SSSR count). The molecule has 0 radical (unpaired) electrons. The smallest absolute Gasteiger partial charge is 0.163 e. The lowest BCUT2D eigenvalue weighted by molar-refractivity contribution is 0.955. The zero-order valence-corrected chi connectivity index (χ0v) is 17.6. The van der Waals surface area contributed by atoms with Gasteiger partial charge in [0.05, 0.1) is 10.2 Å². The Kier molecular flexibility index (Phi) is 4.18. The van der Waals surface area contributed by atoms with Crippen LogP contribution in [0.2, 0.25) is 0 Å². The van der Waals surface area contributed by atoms with Crippen LogP contribution < -0.4 is 0 Å². The molecule has 2 aromatic carbocycles. The van der Waals surface area contributed by atoms with Crippen molar-refractivity contribution in [2.75, 3.05) is 0 Å². The molecule has 4 aromatic heterocycles. The predicted molar refractivity (Wildman–Crippen MR) is 126 cm³/mol. The summed E-state index contributed by atoms with van der Waals surface area (Å²) in [6.45, 7) is 2.05. The third-order valence-corrected chi connectivity index (χ3v) is 6.40. The number of aromatic nitrogens is 5. The summed E-state index contributed by atoms with van der Waals surface area (Å²) < 4.78 is 1.06. The Morgan fingerprint density at radius 3 is 2.32 bits per heavy atom. The Morgan fingerprint density at radius 1 is 0.839 bits per heavy atom. The molecule has 0 bridgehead atoms. The van der Waals surface area contributed by atoms with E-state index in [1.54, 1.807) is 11.3 Å². The molecule has 31 heavy (non-hydrogen) atoms. The van der Waals surface area contributed by atoms with Gasteiger partial charge in [-0.2, -0.15) is 0 Å². The van der Waals surface area contributed by atoms with E-state index in [1.165, 1.54) is 0 Å². The molecule has 0 aliphatic heterocycles. The highest BCUT2D eigenvalue weighted by molar-refractivity contribution is 7.25. The van der Waals surface area contributed by atoms with Gasteiger partial charge in [-0.1, -0.05) is 67.6 Å². The van der Waals surface area contributed by atoms with Crippen LogP contribution in [0, 0.1) is 0 Å². The van der Waals surface area contributed by atoms with Gasteiger partial charge in [0, 0.05) is 34.5 Å². The Hall–Kier alpha value is -3.77. The molecule has 0 spiro atoms. The number of nitrogens with zero attached hydrogens (tertiary/aromatic N) is 5. The van der Waals surface area contributed by atoms with Gasteiger partial charge in [-0.15, -0.1) is 21.5 Å². The second-order valence-corrected chi connectivity index (χ2v) is 8.36. The quantitative estimate of drug-likeness (QED) is 0.348. The second-order valence-electron chi connectivity index (χ2n) is 7.33. The van der Waals surface area contributed by atoms with Crippen molar-refractivity contribution in [3.05, 3.63) is 78.8 Å². The topological polar surface area (TPSA) is 64.5 Å². The van der Waals surface area contributed by atoms with E-state index in [0.717, 1.165) is 66.1 Å². The van der Waals surface area contributed by atoms with Gasteiger partial charge in [0.25, 0.3) is 0 Å². The monoisotopic (exact) mass is 419 g/mol. The minimum atomic E-state index is 0.719.